The van der Waals surface area contributed by atoms with Gasteiger partial charge in [-0.05, 0) is 12.5 Å². The van der Waals surface area contributed by atoms with Gasteiger partial charge in [0.25, 0.3) is 5.56 Å². The number of benzene rings is 1. The molecular formula is C19H20N4O4. The van der Waals surface area contributed by atoms with Crippen LogP contribution in [0.4, 0.5) is 0 Å². The van der Waals surface area contributed by atoms with E-state index < -0.39 is 17.2 Å². The molecule has 27 heavy (non-hydrogen) atoms. The van der Waals surface area contributed by atoms with Crippen molar-refractivity contribution in [2.75, 3.05) is 7.11 Å². The maximum absolute atomic E-state index is 12.9. The number of ether oxygens (including phenoxy) is 1. The third kappa shape index (κ3) is 3.46. The molecule has 3 aromatic rings. The Morgan fingerprint density at radius 1 is 1.22 bits per heavy atom. The number of hydrogen-bond acceptors (Lipinski definition) is 5. The van der Waals surface area contributed by atoms with E-state index in [0.717, 1.165) is 10.1 Å². The fraction of sp³-hybridized carbons (Fsp3) is 0.263. The summed E-state index contributed by atoms with van der Waals surface area (Å²) in [7, 11) is 2.95. The number of amides is 1. The Bertz CT molecular complexity index is 1120. The number of aromatic nitrogens is 3. The SMILES string of the molecule is COc1c(C)cnc2c1c(=O)n(CC(=O)NCc1ccccc1)c(=O)n2C. The second-order valence-corrected chi connectivity index (χ2v) is 6.17. The molecule has 3 rings (SSSR count). The smallest absolute Gasteiger partial charge is 0.332 e. The first-order valence-corrected chi connectivity index (χ1v) is 8.37. The van der Waals surface area contributed by atoms with Gasteiger partial charge in [-0.15, -0.1) is 0 Å². The van der Waals surface area contributed by atoms with Crippen LogP contribution in [0.3, 0.4) is 0 Å². The summed E-state index contributed by atoms with van der Waals surface area (Å²) < 4.78 is 7.46. The normalized spacial score (nSPS) is 10.8. The molecule has 0 fully saturated rings. The zero-order valence-electron chi connectivity index (χ0n) is 15.4. The minimum atomic E-state index is -0.610. The molecule has 0 aliphatic rings. The fourth-order valence-electron chi connectivity index (χ4n) is 2.92. The first-order chi connectivity index (χ1) is 12.9. The number of rotatable bonds is 5. The van der Waals surface area contributed by atoms with Crippen LogP contribution in [0, 0.1) is 6.92 Å². The molecule has 140 valence electrons. The van der Waals surface area contributed by atoms with E-state index in [1.807, 2.05) is 30.3 Å². The molecule has 1 N–H and O–H groups in total. The highest BCUT2D eigenvalue weighted by Crippen LogP contribution is 2.23. The van der Waals surface area contributed by atoms with Gasteiger partial charge in [-0.25, -0.2) is 14.3 Å². The van der Waals surface area contributed by atoms with Gasteiger partial charge in [-0.2, -0.15) is 0 Å². The van der Waals surface area contributed by atoms with E-state index in [1.165, 1.54) is 24.9 Å². The van der Waals surface area contributed by atoms with Gasteiger partial charge in [0, 0.05) is 25.4 Å². The molecular weight excluding hydrogens is 348 g/mol. The minimum Gasteiger partial charge on any atom is -0.495 e. The lowest BCUT2D eigenvalue weighted by Crippen LogP contribution is -2.43. The molecule has 1 amide bonds. The summed E-state index contributed by atoms with van der Waals surface area (Å²) in [4.78, 5) is 41.9. The van der Waals surface area contributed by atoms with Crippen LogP contribution in [0.5, 0.6) is 5.75 Å². The van der Waals surface area contributed by atoms with Crippen molar-refractivity contribution in [2.45, 2.75) is 20.0 Å². The number of fused-ring (bicyclic) bond motifs is 1. The number of nitrogens with zero attached hydrogens (tertiary/aromatic N) is 3. The van der Waals surface area contributed by atoms with Crippen LogP contribution in [0.25, 0.3) is 11.0 Å². The fourth-order valence-corrected chi connectivity index (χ4v) is 2.92. The number of nitrogens with one attached hydrogen (secondary N) is 1. The summed E-state index contributed by atoms with van der Waals surface area (Å²) in [6.07, 6.45) is 1.54. The maximum Gasteiger partial charge on any atom is 0.332 e. The zero-order chi connectivity index (χ0) is 19.6. The van der Waals surface area contributed by atoms with Gasteiger partial charge < -0.3 is 10.1 Å². The van der Waals surface area contributed by atoms with Crippen LogP contribution in [-0.4, -0.2) is 27.1 Å². The molecule has 1 aromatic carbocycles. The second kappa shape index (κ2) is 7.45. The molecule has 0 radical (unpaired) electrons. The van der Waals surface area contributed by atoms with Gasteiger partial charge in [-0.3, -0.25) is 14.2 Å². The van der Waals surface area contributed by atoms with Crippen molar-refractivity contribution in [2.24, 2.45) is 7.05 Å². The summed E-state index contributed by atoms with van der Waals surface area (Å²) in [5.74, 6) is -0.0870. The number of methoxy groups -OCH3 is 1. The number of hydrogen-bond donors (Lipinski definition) is 1. The molecule has 0 saturated heterocycles. The van der Waals surface area contributed by atoms with Gasteiger partial charge in [0.1, 0.15) is 17.7 Å². The highest BCUT2D eigenvalue weighted by atomic mass is 16.5. The summed E-state index contributed by atoms with van der Waals surface area (Å²) in [6, 6.07) is 9.37. The van der Waals surface area contributed by atoms with Gasteiger partial charge in [0.15, 0.2) is 5.65 Å². The van der Waals surface area contributed by atoms with Crippen LogP contribution in [0.2, 0.25) is 0 Å². The van der Waals surface area contributed by atoms with Crippen LogP contribution in [0.15, 0.2) is 46.1 Å². The third-order valence-corrected chi connectivity index (χ3v) is 4.32. The molecule has 8 heteroatoms. The molecule has 0 atom stereocenters. The summed E-state index contributed by atoms with van der Waals surface area (Å²) >= 11 is 0. The van der Waals surface area contributed by atoms with Gasteiger partial charge >= 0.3 is 5.69 Å². The summed E-state index contributed by atoms with van der Waals surface area (Å²) in [6.45, 7) is 1.68. The van der Waals surface area contributed by atoms with Crippen molar-refractivity contribution >= 4 is 16.9 Å². The zero-order valence-corrected chi connectivity index (χ0v) is 15.4. The van der Waals surface area contributed by atoms with Gasteiger partial charge in [0.2, 0.25) is 5.91 Å². The third-order valence-electron chi connectivity index (χ3n) is 4.32. The second-order valence-electron chi connectivity index (χ2n) is 6.17. The Morgan fingerprint density at radius 3 is 2.59 bits per heavy atom. The molecule has 2 aromatic heterocycles. The maximum atomic E-state index is 12.9. The van der Waals surface area contributed by atoms with Crippen molar-refractivity contribution in [3.63, 3.8) is 0 Å². The predicted octanol–water partition coefficient (Wildman–Crippen LogP) is 0.729. The average molecular weight is 368 g/mol. The number of aryl methyl sites for hydroxylation is 2. The minimum absolute atomic E-state index is 0.176. The summed E-state index contributed by atoms with van der Waals surface area (Å²) in [5.41, 5.74) is 0.595. The Labute approximate surface area is 155 Å². The van der Waals surface area contributed by atoms with Crippen molar-refractivity contribution in [1.29, 1.82) is 0 Å². The number of pyridine rings is 1. The Morgan fingerprint density at radius 2 is 1.93 bits per heavy atom. The van der Waals surface area contributed by atoms with Crippen LogP contribution >= 0.6 is 0 Å². The molecule has 0 unspecified atom stereocenters. The number of carbonyl (C=O) groups is 1. The van der Waals surface area contributed by atoms with Crippen molar-refractivity contribution in [3.8, 4) is 5.75 Å². The van der Waals surface area contributed by atoms with E-state index in [4.69, 9.17) is 4.74 Å². The lowest BCUT2D eigenvalue weighted by Gasteiger charge is -2.13. The van der Waals surface area contributed by atoms with E-state index in [-0.39, 0.29) is 17.6 Å². The Kier molecular flexibility index (Phi) is 5.07. The monoisotopic (exact) mass is 368 g/mol. The van der Waals surface area contributed by atoms with E-state index in [9.17, 15) is 14.4 Å². The molecule has 0 aliphatic heterocycles. The van der Waals surface area contributed by atoms with Crippen LogP contribution in [0.1, 0.15) is 11.1 Å². The quantitative estimate of drug-likeness (QED) is 0.716. The summed E-state index contributed by atoms with van der Waals surface area (Å²) in [5, 5.41) is 2.89. The van der Waals surface area contributed by atoms with E-state index in [1.54, 1.807) is 6.92 Å². The molecule has 0 saturated carbocycles. The largest absolute Gasteiger partial charge is 0.495 e. The first-order valence-electron chi connectivity index (χ1n) is 8.37. The molecule has 2 heterocycles. The Hall–Kier alpha value is -3.42. The predicted molar refractivity (Wildman–Crippen MR) is 101 cm³/mol. The molecule has 0 spiro atoms. The highest BCUT2D eigenvalue weighted by Gasteiger charge is 2.19. The van der Waals surface area contributed by atoms with Crippen molar-refractivity contribution < 1.29 is 9.53 Å². The lowest BCUT2D eigenvalue weighted by molar-refractivity contribution is -0.121. The highest BCUT2D eigenvalue weighted by molar-refractivity contribution is 5.83. The molecule has 0 aliphatic carbocycles. The van der Waals surface area contributed by atoms with Crippen LogP contribution < -0.4 is 21.3 Å². The topological polar surface area (TPSA) is 95.2 Å². The van der Waals surface area contributed by atoms with Gasteiger partial charge in [-0.1, -0.05) is 30.3 Å². The van der Waals surface area contributed by atoms with E-state index in [2.05, 4.69) is 10.3 Å². The standard InChI is InChI=1S/C19H20N4O4/c1-12-9-21-17-15(16(12)27-3)18(25)23(19(26)22(17)2)11-14(24)20-10-13-7-5-4-6-8-13/h4-9H,10-11H2,1-3H3,(H,20,24). The van der Waals surface area contributed by atoms with Crippen molar-refractivity contribution in [1.82, 2.24) is 19.4 Å². The Balaban J connectivity index is 1.98. The van der Waals surface area contributed by atoms with E-state index in [0.29, 0.717) is 17.9 Å². The average Bonchev–Trinajstić information content (AvgIpc) is 2.68. The number of carbonyl (C=O) groups excluding carboxylic acids is 1. The molecule has 0 bridgehead atoms. The first kappa shape index (κ1) is 18.4. The van der Waals surface area contributed by atoms with E-state index >= 15 is 0 Å². The lowest BCUT2D eigenvalue weighted by atomic mass is 10.2. The molecule has 8 nitrogen and oxygen atoms in total. The van der Waals surface area contributed by atoms with Crippen LogP contribution in [-0.2, 0) is 24.9 Å². The van der Waals surface area contributed by atoms with Crippen molar-refractivity contribution in [3.05, 3.63) is 68.5 Å². The van der Waals surface area contributed by atoms with Gasteiger partial charge in [0.05, 0.1) is 7.11 Å².